The van der Waals surface area contributed by atoms with E-state index in [0.29, 0.717) is 23.0 Å². The summed E-state index contributed by atoms with van der Waals surface area (Å²) in [4.78, 5) is 12.3. The number of carbonyl (C=O) groups excluding carboxylic acids is 1. The Labute approximate surface area is 161 Å². The average Bonchev–Trinajstić information content (AvgIpc) is 2.56. The number of anilines is 2. The van der Waals surface area contributed by atoms with Gasteiger partial charge in [-0.25, -0.2) is 8.42 Å². The minimum Gasteiger partial charge on any atom is -0.494 e. The van der Waals surface area contributed by atoms with E-state index in [1.54, 1.807) is 18.2 Å². The number of sulfonamides is 1. The smallest absolute Gasteiger partial charge is 0.229 e. The van der Waals surface area contributed by atoms with E-state index in [1.165, 1.54) is 12.7 Å². The molecular weight excluding hydrogens is 364 g/mol. The van der Waals surface area contributed by atoms with Crippen molar-refractivity contribution in [3.05, 3.63) is 53.6 Å². The fourth-order valence-corrected chi connectivity index (χ4v) is 3.28. The zero-order chi connectivity index (χ0) is 20.0. The second kappa shape index (κ2) is 8.90. The maximum absolute atomic E-state index is 12.3. The lowest BCUT2D eigenvalue weighted by Crippen LogP contribution is -2.15. The summed E-state index contributed by atoms with van der Waals surface area (Å²) < 4.78 is 30.3. The highest BCUT2D eigenvalue weighted by Gasteiger charge is 2.11. The van der Waals surface area contributed by atoms with Gasteiger partial charge in [0.25, 0.3) is 0 Å². The van der Waals surface area contributed by atoms with Crippen LogP contribution in [-0.2, 0) is 27.7 Å². The van der Waals surface area contributed by atoms with E-state index in [2.05, 4.69) is 36.0 Å². The van der Waals surface area contributed by atoms with Gasteiger partial charge in [-0.1, -0.05) is 38.1 Å². The van der Waals surface area contributed by atoms with Gasteiger partial charge in [0.1, 0.15) is 5.75 Å². The average molecular weight is 391 g/mol. The summed E-state index contributed by atoms with van der Waals surface area (Å²) in [6.07, 6.45) is 2.34. The maximum atomic E-state index is 12.3. The number of benzene rings is 2. The highest BCUT2D eigenvalue weighted by atomic mass is 32.2. The number of methoxy groups -OCH3 is 1. The molecule has 0 aliphatic rings. The second-order valence-corrected chi connectivity index (χ2v) is 8.68. The number of rotatable bonds is 8. The van der Waals surface area contributed by atoms with Gasteiger partial charge in [-0.05, 0) is 35.6 Å². The molecule has 0 radical (unpaired) electrons. The Hall–Kier alpha value is -2.54. The molecule has 0 aliphatic carbocycles. The van der Waals surface area contributed by atoms with Crippen LogP contribution in [0.1, 0.15) is 25.0 Å². The number of nitrogens with one attached hydrogen (secondary N) is 2. The lowest BCUT2D eigenvalue weighted by atomic mass is 10.0. The van der Waals surface area contributed by atoms with Crippen molar-refractivity contribution in [1.29, 1.82) is 0 Å². The largest absolute Gasteiger partial charge is 0.494 e. The van der Waals surface area contributed by atoms with Gasteiger partial charge in [0, 0.05) is 11.8 Å². The lowest BCUT2D eigenvalue weighted by Gasteiger charge is -2.12. The summed E-state index contributed by atoms with van der Waals surface area (Å²) >= 11 is 0. The number of carbonyl (C=O) groups is 1. The first-order valence-electron chi connectivity index (χ1n) is 8.70. The van der Waals surface area contributed by atoms with Crippen molar-refractivity contribution in [3.8, 4) is 5.75 Å². The van der Waals surface area contributed by atoms with E-state index in [1.807, 2.05) is 12.1 Å². The van der Waals surface area contributed by atoms with Gasteiger partial charge < -0.3 is 10.1 Å². The molecule has 2 rings (SSSR count). The Morgan fingerprint density at radius 1 is 1.07 bits per heavy atom. The molecule has 6 nitrogen and oxygen atoms in total. The highest BCUT2D eigenvalue weighted by Crippen LogP contribution is 2.28. The van der Waals surface area contributed by atoms with Crippen LogP contribution in [0.3, 0.4) is 0 Å². The summed E-state index contributed by atoms with van der Waals surface area (Å²) in [5.74, 6) is 0.767. The lowest BCUT2D eigenvalue weighted by molar-refractivity contribution is -0.115. The van der Waals surface area contributed by atoms with Crippen molar-refractivity contribution in [3.63, 3.8) is 0 Å². The van der Waals surface area contributed by atoms with Crippen LogP contribution in [0.4, 0.5) is 11.4 Å². The van der Waals surface area contributed by atoms with E-state index in [9.17, 15) is 13.2 Å². The Morgan fingerprint density at radius 2 is 1.70 bits per heavy atom. The molecular formula is C20H26N2O4S. The van der Waals surface area contributed by atoms with Gasteiger partial charge in [0.2, 0.25) is 15.9 Å². The number of ether oxygens (including phenoxy) is 1. The Bertz CT molecular complexity index is 891. The minimum atomic E-state index is -3.42. The second-order valence-electron chi connectivity index (χ2n) is 6.93. The SMILES string of the molecule is COc1cc(NC(=O)Cc2ccc(CC(C)C)cc2)ccc1NS(C)(=O)=O. The molecule has 27 heavy (non-hydrogen) atoms. The van der Waals surface area contributed by atoms with Crippen molar-refractivity contribution in [2.75, 3.05) is 23.4 Å². The topological polar surface area (TPSA) is 84.5 Å². The third-order valence-electron chi connectivity index (χ3n) is 3.81. The zero-order valence-corrected chi connectivity index (χ0v) is 16.9. The molecule has 7 heteroatoms. The minimum absolute atomic E-state index is 0.155. The van der Waals surface area contributed by atoms with Crippen molar-refractivity contribution >= 4 is 27.3 Å². The van der Waals surface area contributed by atoms with Crippen molar-refractivity contribution in [2.24, 2.45) is 5.92 Å². The van der Waals surface area contributed by atoms with Crippen molar-refractivity contribution in [2.45, 2.75) is 26.7 Å². The molecule has 0 heterocycles. The molecule has 0 aromatic heterocycles. The molecule has 2 aromatic rings. The fourth-order valence-electron chi connectivity index (χ4n) is 2.71. The van der Waals surface area contributed by atoms with Crippen molar-refractivity contribution in [1.82, 2.24) is 0 Å². The van der Waals surface area contributed by atoms with Crippen LogP contribution in [0.25, 0.3) is 0 Å². The summed E-state index contributed by atoms with van der Waals surface area (Å²) in [7, 11) is -1.98. The fraction of sp³-hybridized carbons (Fsp3) is 0.350. The standard InChI is InChI=1S/C20H26N2O4S/c1-14(2)11-15-5-7-16(8-6-15)12-20(23)21-17-9-10-18(19(13-17)26-3)22-27(4,24)25/h5-10,13-14,22H,11-12H2,1-4H3,(H,21,23). The monoisotopic (exact) mass is 390 g/mol. The van der Waals surface area contributed by atoms with Crippen LogP contribution >= 0.6 is 0 Å². The number of hydrogen-bond acceptors (Lipinski definition) is 4. The first-order chi connectivity index (χ1) is 12.7. The third kappa shape index (κ3) is 6.94. The van der Waals surface area contributed by atoms with E-state index in [4.69, 9.17) is 4.74 Å². The molecule has 2 aromatic carbocycles. The van der Waals surface area contributed by atoms with Crippen molar-refractivity contribution < 1.29 is 17.9 Å². The van der Waals surface area contributed by atoms with E-state index in [-0.39, 0.29) is 12.3 Å². The van der Waals surface area contributed by atoms with Crippen LogP contribution in [0.5, 0.6) is 5.75 Å². The molecule has 0 fully saturated rings. The molecule has 1 amide bonds. The molecule has 0 unspecified atom stereocenters. The van der Waals surface area contributed by atoms with Crippen LogP contribution in [0.2, 0.25) is 0 Å². The Balaban J connectivity index is 2.02. The van der Waals surface area contributed by atoms with E-state index >= 15 is 0 Å². The number of hydrogen-bond donors (Lipinski definition) is 2. The molecule has 146 valence electrons. The first kappa shape index (κ1) is 20.8. The van der Waals surface area contributed by atoms with Crippen LogP contribution in [-0.4, -0.2) is 27.7 Å². The van der Waals surface area contributed by atoms with Crippen LogP contribution in [0.15, 0.2) is 42.5 Å². The quantitative estimate of drug-likeness (QED) is 0.723. The number of amides is 1. The van der Waals surface area contributed by atoms with Gasteiger partial charge in [-0.15, -0.1) is 0 Å². The molecule has 0 saturated carbocycles. The van der Waals surface area contributed by atoms with E-state index < -0.39 is 10.0 Å². The molecule has 0 spiro atoms. The molecule has 0 saturated heterocycles. The Morgan fingerprint density at radius 3 is 2.26 bits per heavy atom. The van der Waals surface area contributed by atoms with Gasteiger partial charge in [-0.2, -0.15) is 0 Å². The van der Waals surface area contributed by atoms with Gasteiger partial charge in [0.15, 0.2) is 0 Å². The molecule has 0 aliphatic heterocycles. The highest BCUT2D eigenvalue weighted by molar-refractivity contribution is 7.92. The maximum Gasteiger partial charge on any atom is 0.229 e. The summed E-state index contributed by atoms with van der Waals surface area (Å²) in [6, 6.07) is 12.8. The van der Waals surface area contributed by atoms with E-state index in [0.717, 1.165) is 18.2 Å². The summed E-state index contributed by atoms with van der Waals surface area (Å²) in [5, 5.41) is 2.81. The van der Waals surface area contributed by atoms with Gasteiger partial charge >= 0.3 is 0 Å². The predicted molar refractivity (Wildman–Crippen MR) is 109 cm³/mol. The zero-order valence-electron chi connectivity index (χ0n) is 16.1. The normalized spacial score (nSPS) is 11.3. The van der Waals surface area contributed by atoms with Gasteiger partial charge in [-0.3, -0.25) is 9.52 Å². The van der Waals surface area contributed by atoms with Crippen LogP contribution in [0, 0.1) is 5.92 Å². The Kier molecular flexibility index (Phi) is 6.85. The first-order valence-corrected chi connectivity index (χ1v) is 10.6. The molecule has 0 bridgehead atoms. The van der Waals surface area contributed by atoms with Gasteiger partial charge in [0.05, 0.1) is 25.5 Å². The molecule has 2 N–H and O–H groups in total. The third-order valence-corrected chi connectivity index (χ3v) is 4.40. The molecule has 0 atom stereocenters. The predicted octanol–water partition coefficient (Wildman–Crippen LogP) is 3.45. The summed E-state index contributed by atoms with van der Waals surface area (Å²) in [6.45, 7) is 4.35. The summed E-state index contributed by atoms with van der Waals surface area (Å²) in [5.41, 5.74) is 3.04. The van der Waals surface area contributed by atoms with Crippen LogP contribution < -0.4 is 14.8 Å².